The number of hydrogen-bond acceptors (Lipinski definition) is 6. The largest absolute Gasteiger partial charge is 0.573 e. The highest BCUT2D eigenvalue weighted by Gasteiger charge is 2.31. The maximum Gasteiger partial charge on any atom is 0.573 e. The van der Waals surface area contributed by atoms with Crippen LogP contribution in [0.3, 0.4) is 0 Å². The summed E-state index contributed by atoms with van der Waals surface area (Å²) in [5.41, 5.74) is 3.54. The van der Waals surface area contributed by atoms with Gasteiger partial charge in [-0.1, -0.05) is 19.1 Å². The fourth-order valence-electron chi connectivity index (χ4n) is 2.71. The van der Waals surface area contributed by atoms with E-state index in [1.54, 1.807) is 0 Å². The minimum atomic E-state index is -4.90. The number of nitrogens with zero attached hydrogens (tertiary/aromatic N) is 2. The molecule has 0 saturated carbocycles. The second-order valence-corrected chi connectivity index (χ2v) is 7.08. The standard InChI is InChI=1S/C21H18F7N5O/c1-3-10(2)29-20-30-15(11-5-4-6-12(7-11)34-21(26,27)28)9-16(31-20)32-33-19-17(24)13(22)8-14(23)18(19)25/h4-10,33H,3H2,1-2H3,(H2,29,30,31,32)/t10-/m1/s1. The van der Waals surface area contributed by atoms with E-state index in [0.29, 0.717) is 6.42 Å². The molecule has 0 saturated heterocycles. The first-order valence-corrected chi connectivity index (χ1v) is 9.83. The van der Waals surface area contributed by atoms with Crippen molar-refractivity contribution in [2.45, 2.75) is 32.7 Å². The van der Waals surface area contributed by atoms with Crippen LogP contribution in [0.1, 0.15) is 20.3 Å². The number of hydrazine groups is 1. The van der Waals surface area contributed by atoms with Gasteiger partial charge in [0.25, 0.3) is 0 Å². The van der Waals surface area contributed by atoms with E-state index in [2.05, 4.69) is 25.4 Å². The number of rotatable bonds is 8. The summed E-state index contributed by atoms with van der Waals surface area (Å²) >= 11 is 0. The van der Waals surface area contributed by atoms with Gasteiger partial charge in [-0.15, -0.1) is 13.2 Å². The smallest absolute Gasteiger partial charge is 0.406 e. The van der Waals surface area contributed by atoms with Crippen molar-refractivity contribution in [2.24, 2.45) is 0 Å². The molecular formula is C21H18F7N5O. The summed E-state index contributed by atoms with van der Waals surface area (Å²) < 4.78 is 96.4. The van der Waals surface area contributed by atoms with Crippen molar-refractivity contribution in [3.05, 3.63) is 59.7 Å². The van der Waals surface area contributed by atoms with Gasteiger partial charge in [-0.25, -0.2) is 22.5 Å². The van der Waals surface area contributed by atoms with Crippen molar-refractivity contribution < 1.29 is 35.5 Å². The molecule has 3 aromatic rings. The monoisotopic (exact) mass is 489 g/mol. The van der Waals surface area contributed by atoms with Crippen LogP contribution in [0.15, 0.2) is 36.4 Å². The van der Waals surface area contributed by atoms with Crippen LogP contribution in [-0.4, -0.2) is 22.4 Å². The molecule has 0 unspecified atom stereocenters. The average Bonchev–Trinajstić information content (AvgIpc) is 2.76. The van der Waals surface area contributed by atoms with Gasteiger partial charge in [-0.2, -0.15) is 4.98 Å². The normalized spacial score (nSPS) is 12.3. The molecule has 0 aliphatic rings. The Labute approximate surface area is 189 Å². The lowest BCUT2D eigenvalue weighted by Gasteiger charge is -2.16. The molecule has 0 spiro atoms. The molecule has 0 amide bonds. The first-order chi connectivity index (χ1) is 16.0. The Bertz CT molecular complexity index is 1150. The number of benzene rings is 2. The molecule has 3 N–H and O–H groups in total. The highest BCUT2D eigenvalue weighted by Crippen LogP contribution is 2.29. The first kappa shape index (κ1) is 24.9. The molecule has 0 bridgehead atoms. The van der Waals surface area contributed by atoms with E-state index in [1.165, 1.54) is 18.2 Å². The lowest BCUT2D eigenvalue weighted by atomic mass is 10.1. The third-order valence-corrected chi connectivity index (χ3v) is 4.50. The predicted molar refractivity (Wildman–Crippen MR) is 111 cm³/mol. The number of anilines is 3. The van der Waals surface area contributed by atoms with Crippen molar-refractivity contribution in [1.29, 1.82) is 0 Å². The molecule has 0 radical (unpaired) electrons. The summed E-state index contributed by atoms with van der Waals surface area (Å²) in [6, 6.07) is 6.14. The summed E-state index contributed by atoms with van der Waals surface area (Å²) in [7, 11) is 0. The molecule has 1 atom stereocenters. The first-order valence-electron chi connectivity index (χ1n) is 9.83. The summed E-state index contributed by atoms with van der Waals surface area (Å²) in [6.07, 6.45) is -4.24. The minimum absolute atomic E-state index is 0.0321. The zero-order valence-corrected chi connectivity index (χ0v) is 17.7. The van der Waals surface area contributed by atoms with Crippen molar-refractivity contribution in [3.8, 4) is 17.0 Å². The molecular weight excluding hydrogens is 471 g/mol. The molecule has 182 valence electrons. The van der Waals surface area contributed by atoms with Crippen LogP contribution in [0.5, 0.6) is 5.75 Å². The lowest BCUT2D eigenvalue weighted by molar-refractivity contribution is -0.274. The zero-order valence-electron chi connectivity index (χ0n) is 17.7. The van der Waals surface area contributed by atoms with E-state index in [0.717, 1.165) is 12.1 Å². The van der Waals surface area contributed by atoms with E-state index in [9.17, 15) is 30.7 Å². The lowest BCUT2D eigenvalue weighted by Crippen LogP contribution is -2.19. The van der Waals surface area contributed by atoms with Gasteiger partial charge in [-0.05, 0) is 25.5 Å². The molecule has 0 aliphatic carbocycles. The highest BCUT2D eigenvalue weighted by molar-refractivity contribution is 5.66. The molecule has 1 aromatic heterocycles. The van der Waals surface area contributed by atoms with Crippen LogP contribution in [0.25, 0.3) is 11.3 Å². The van der Waals surface area contributed by atoms with Crippen LogP contribution in [0, 0.1) is 23.3 Å². The van der Waals surface area contributed by atoms with Gasteiger partial charge in [-0.3, -0.25) is 10.9 Å². The van der Waals surface area contributed by atoms with Gasteiger partial charge >= 0.3 is 6.36 Å². The molecule has 34 heavy (non-hydrogen) atoms. The fraction of sp³-hybridized carbons (Fsp3) is 0.238. The third kappa shape index (κ3) is 6.17. The molecule has 6 nitrogen and oxygen atoms in total. The van der Waals surface area contributed by atoms with E-state index < -0.39 is 41.1 Å². The molecule has 0 aliphatic heterocycles. The van der Waals surface area contributed by atoms with Crippen LogP contribution in [-0.2, 0) is 0 Å². The Hall–Kier alpha value is -3.77. The van der Waals surface area contributed by atoms with Crippen molar-refractivity contribution in [1.82, 2.24) is 9.97 Å². The Morgan fingerprint density at radius 1 is 0.941 bits per heavy atom. The van der Waals surface area contributed by atoms with Crippen molar-refractivity contribution in [3.63, 3.8) is 0 Å². The Morgan fingerprint density at radius 3 is 2.24 bits per heavy atom. The predicted octanol–water partition coefficient (Wildman–Crippen LogP) is 6.25. The zero-order chi connectivity index (χ0) is 25.0. The number of halogens is 7. The number of ether oxygens (including phenoxy) is 1. The van der Waals surface area contributed by atoms with Gasteiger partial charge in [0.15, 0.2) is 29.1 Å². The second-order valence-electron chi connectivity index (χ2n) is 7.08. The van der Waals surface area contributed by atoms with Gasteiger partial charge in [0.05, 0.1) is 5.69 Å². The third-order valence-electron chi connectivity index (χ3n) is 4.50. The maximum atomic E-state index is 13.9. The van der Waals surface area contributed by atoms with Gasteiger partial charge in [0.2, 0.25) is 5.95 Å². The topological polar surface area (TPSA) is 71.1 Å². The van der Waals surface area contributed by atoms with Gasteiger partial charge in [0, 0.05) is 23.7 Å². The molecule has 1 heterocycles. The average molecular weight is 489 g/mol. The Balaban J connectivity index is 1.97. The molecule has 2 aromatic carbocycles. The number of nitrogens with one attached hydrogen (secondary N) is 3. The Morgan fingerprint density at radius 2 is 1.62 bits per heavy atom. The Kier molecular flexibility index (Phi) is 7.32. The fourth-order valence-corrected chi connectivity index (χ4v) is 2.71. The van der Waals surface area contributed by atoms with E-state index in [1.807, 2.05) is 19.3 Å². The van der Waals surface area contributed by atoms with Crippen LogP contribution in [0.4, 0.5) is 48.2 Å². The summed E-state index contributed by atoms with van der Waals surface area (Å²) in [5, 5.41) is 2.96. The van der Waals surface area contributed by atoms with Crippen molar-refractivity contribution in [2.75, 3.05) is 16.2 Å². The highest BCUT2D eigenvalue weighted by atomic mass is 19.4. The quantitative estimate of drug-likeness (QED) is 0.198. The molecule has 13 heteroatoms. The maximum absolute atomic E-state index is 13.9. The second kappa shape index (κ2) is 10.0. The van der Waals surface area contributed by atoms with Gasteiger partial charge in [0.1, 0.15) is 11.4 Å². The number of hydrogen-bond donors (Lipinski definition) is 3. The summed E-state index contributed by atoms with van der Waals surface area (Å²) in [6.45, 7) is 3.70. The van der Waals surface area contributed by atoms with Crippen LogP contribution in [0.2, 0.25) is 0 Å². The van der Waals surface area contributed by atoms with E-state index >= 15 is 0 Å². The molecule has 3 rings (SSSR count). The van der Waals surface area contributed by atoms with E-state index in [-0.39, 0.29) is 35.1 Å². The van der Waals surface area contributed by atoms with Crippen LogP contribution < -0.4 is 20.9 Å². The number of aromatic nitrogens is 2. The summed E-state index contributed by atoms with van der Waals surface area (Å²) in [4.78, 5) is 8.36. The van der Waals surface area contributed by atoms with Gasteiger partial charge < -0.3 is 10.1 Å². The van der Waals surface area contributed by atoms with Crippen LogP contribution >= 0.6 is 0 Å². The number of alkyl halides is 3. The minimum Gasteiger partial charge on any atom is -0.406 e. The SMILES string of the molecule is CC[C@@H](C)Nc1nc(NNc2c(F)c(F)cc(F)c2F)cc(-c2cccc(OC(F)(F)F)c2)n1. The van der Waals surface area contributed by atoms with Crippen molar-refractivity contribution >= 4 is 17.5 Å². The molecule has 0 fully saturated rings. The van der Waals surface area contributed by atoms with E-state index in [4.69, 9.17) is 0 Å². The summed E-state index contributed by atoms with van der Waals surface area (Å²) in [5.74, 6) is -7.15.